The van der Waals surface area contributed by atoms with E-state index in [0.717, 1.165) is 23.1 Å². The fraction of sp³-hybridized carbons (Fsp3) is 0.444. The molecule has 2 heterocycles. The molecule has 0 atom stereocenters. The van der Waals surface area contributed by atoms with Crippen LogP contribution in [0.25, 0.3) is 10.9 Å². The molecule has 0 aliphatic carbocycles. The molecule has 3 rings (SSSR count). The average Bonchev–Trinajstić information content (AvgIpc) is 3.04. The third-order valence-corrected chi connectivity index (χ3v) is 5.19. The molecule has 0 spiro atoms. The molecule has 0 aliphatic heterocycles. The Balaban J connectivity index is 1.94. The van der Waals surface area contributed by atoms with Crippen LogP contribution in [0.2, 0.25) is 0 Å². The van der Waals surface area contributed by atoms with Gasteiger partial charge < -0.3 is 4.52 Å². The van der Waals surface area contributed by atoms with Gasteiger partial charge in [0, 0.05) is 17.4 Å². The lowest BCUT2D eigenvalue weighted by Crippen LogP contribution is -2.25. The van der Waals surface area contributed by atoms with E-state index in [-0.39, 0.29) is 5.56 Å². The summed E-state index contributed by atoms with van der Waals surface area (Å²) in [5, 5.41) is 5.27. The summed E-state index contributed by atoms with van der Waals surface area (Å²) in [5.74, 6) is 2.10. The third-order valence-electron chi connectivity index (χ3n) is 3.74. The maximum Gasteiger partial charge on any atom is 0.262 e. The van der Waals surface area contributed by atoms with Gasteiger partial charge in [-0.2, -0.15) is 4.98 Å². The van der Waals surface area contributed by atoms with Crippen molar-refractivity contribution in [1.29, 1.82) is 0 Å². The number of aromatic nitrogens is 4. The van der Waals surface area contributed by atoms with Gasteiger partial charge >= 0.3 is 0 Å². The number of fused-ring (bicyclic) bond motifs is 1. The summed E-state index contributed by atoms with van der Waals surface area (Å²) < 4.78 is 7.90. The van der Waals surface area contributed by atoms with Gasteiger partial charge in [-0.1, -0.05) is 53.6 Å². The van der Waals surface area contributed by atoms with Crippen LogP contribution in [0.15, 0.2) is 37.1 Å². The summed E-state index contributed by atoms with van der Waals surface area (Å²) in [5.41, 5.74) is 0.669. The summed E-state index contributed by atoms with van der Waals surface area (Å²) in [6.45, 7) is 6.86. The smallest absolute Gasteiger partial charge is 0.262 e. The highest BCUT2D eigenvalue weighted by Crippen LogP contribution is 2.23. The number of rotatable bonds is 7. The summed E-state index contributed by atoms with van der Waals surface area (Å²) in [6, 6.07) is 5.58. The van der Waals surface area contributed by atoms with Crippen LogP contribution in [0.4, 0.5) is 0 Å². The lowest BCUT2D eigenvalue weighted by atomic mass is 10.2. The molecule has 1 aromatic carbocycles. The number of benzene rings is 1. The molecule has 26 heavy (non-hydrogen) atoms. The molecular weight excluding hydrogens is 416 g/mol. The molecule has 0 aliphatic rings. The number of hydrogen-bond acceptors (Lipinski definition) is 6. The maximum atomic E-state index is 13.0. The van der Waals surface area contributed by atoms with Crippen molar-refractivity contribution in [3.63, 3.8) is 0 Å². The average molecular weight is 437 g/mol. The van der Waals surface area contributed by atoms with Crippen LogP contribution in [0.5, 0.6) is 0 Å². The molecule has 0 radical (unpaired) electrons. The first-order valence-electron chi connectivity index (χ1n) is 8.62. The van der Waals surface area contributed by atoms with E-state index in [2.05, 4.69) is 46.8 Å². The second-order valence-electron chi connectivity index (χ2n) is 6.51. The molecule has 8 heteroatoms. The summed E-state index contributed by atoms with van der Waals surface area (Å²) in [6.07, 6.45) is 1.77. The monoisotopic (exact) mass is 436 g/mol. The topological polar surface area (TPSA) is 73.8 Å². The number of hydrogen-bond donors (Lipinski definition) is 0. The number of nitrogens with zero attached hydrogens (tertiary/aromatic N) is 4. The van der Waals surface area contributed by atoms with Gasteiger partial charge in [0.1, 0.15) is 0 Å². The highest BCUT2D eigenvalue weighted by atomic mass is 79.9. The summed E-state index contributed by atoms with van der Waals surface area (Å²) >= 11 is 4.88. The number of halogens is 1. The minimum atomic E-state index is -0.0234. The van der Waals surface area contributed by atoms with Gasteiger partial charge in [0.2, 0.25) is 5.89 Å². The first-order valence-corrected chi connectivity index (χ1v) is 10.4. The van der Waals surface area contributed by atoms with Crippen LogP contribution in [-0.2, 0) is 18.7 Å². The Hall–Kier alpha value is -1.67. The fourth-order valence-corrected chi connectivity index (χ4v) is 3.82. The molecule has 0 fully saturated rings. The van der Waals surface area contributed by atoms with Crippen molar-refractivity contribution >= 4 is 38.6 Å². The van der Waals surface area contributed by atoms with E-state index in [1.807, 2.05) is 18.2 Å². The molecule has 3 aromatic rings. The van der Waals surface area contributed by atoms with Crippen LogP contribution in [0.3, 0.4) is 0 Å². The first-order chi connectivity index (χ1) is 12.5. The lowest BCUT2D eigenvalue weighted by Gasteiger charge is -2.14. The largest absolute Gasteiger partial charge is 0.338 e. The predicted octanol–water partition coefficient (Wildman–Crippen LogP) is 4.44. The Morgan fingerprint density at radius 3 is 2.85 bits per heavy atom. The zero-order valence-electron chi connectivity index (χ0n) is 15.0. The van der Waals surface area contributed by atoms with Crippen LogP contribution < -0.4 is 5.56 Å². The molecule has 0 amide bonds. The van der Waals surface area contributed by atoms with Gasteiger partial charge in [-0.05, 0) is 30.5 Å². The minimum absolute atomic E-state index is 0.0234. The Kier molecular flexibility index (Phi) is 6.13. The van der Waals surface area contributed by atoms with E-state index in [0.29, 0.717) is 40.2 Å². The van der Waals surface area contributed by atoms with E-state index in [4.69, 9.17) is 9.51 Å². The Morgan fingerprint density at radius 1 is 1.31 bits per heavy atom. The van der Waals surface area contributed by atoms with Crippen LogP contribution in [-0.4, -0.2) is 19.7 Å². The molecule has 0 saturated carbocycles. The third kappa shape index (κ3) is 4.35. The van der Waals surface area contributed by atoms with Crippen LogP contribution in [0, 0.1) is 5.92 Å². The zero-order chi connectivity index (χ0) is 18.7. The number of aryl methyl sites for hydroxylation is 1. The van der Waals surface area contributed by atoms with Gasteiger partial charge in [-0.25, -0.2) is 4.98 Å². The van der Waals surface area contributed by atoms with E-state index >= 15 is 0 Å². The standard InChI is InChI=1S/C18H21BrN4O2S/c1-4-5-15-21-16(25-22-15)10-26-18-20-14-7-6-12(19)8-13(14)17(24)23(18)9-11(2)3/h6-8,11H,4-5,9-10H2,1-3H3. The van der Waals surface area contributed by atoms with Gasteiger partial charge in [-0.15, -0.1) is 0 Å². The van der Waals surface area contributed by atoms with Crippen molar-refractivity contribution in [3.05, 3.63) is 44.7 Å². The van der Waals surface area contributed by atoms with E-state index in [9.17, 15) is 4.79 Å². The highest BCUT2D eigenvalue weighted by Gasteiger charge is 2.15. The summed E-state index contributed by atoms with van der Waals surface area (Å²) in [4.78, 5) is 22.1. The fourth-order valence-electron chi connectivity index (χ4n) is 2.61. The molecule has 6 nitrogen and oxygen atoms in total. The molecule has 138 valence electrons. The van der Waals surface area contributed by atoms with Crippen molar-refractivity contribution in [2.24, 2.45) is 5.92 Å². The normalized spacial score (nSPS) is 11.6. The Bertz CT molecular complexity index is 967. The lowest BCUT2D eigenvalue weighted by molar-refractivity contribution is 0.384. The predicted molar refractivity (Wildman–Crippen MR) is 106 cm³/mol. The molecular formula is C18H21BrN4O2S. The van der Waals surface area contributed by atoms with Crippen LogP contribution >= 0.6 is 27.7 Å². The van der Waals surface area contributed by atoms with Gasteiger partial charge in [0.15, 0.2) is 11.0 Å². The van der Waals surface area contributed by atoms with Crippen molar-refractivity contribution < 1.29 is 4.52 Å². The van der Waals surface area contributed by atoms with Crippen molar-refractivity contribution in [2.45, 2.75) is 51.1 Å². The van der Waals surface area contributed by atoms with E-state index < -0.39 is 0 Å². The maximum absolute atomic E-state index is 13.0. The van der Waals surface area contributed by atoms with Gasteiger partial charge in [-0.3, -0.25) is 9.36 Å². The minimum Gasteiger partial charge on any atom is -0.338 e. The molecule has 0 unspecified atom stereocenters. The highest BCUT2D eigenvalue weighted by molar-refractivity contribution is 9.10. The first kappa shape index (κ1) is 19.1. The second-order valence-corrected chi connectivity index (χ2v) is 8.37. The van der Waals surface area contributed by atoms with Crippen molar-refractivity contribution in [1.82, 2.24) is 19.7 Å². The Morgan fingerprint density at radius 2 is 2.12 bits per heavy atom. The van der Waals surface area contributed by atoms with Crippen molar-refractivity contribution in [2.75, 3.05) is 0 Å². The van der Waals surface area contributed by atoms with E-state index in [1.54, 1.807) is 4.57 Å². The zero-order valence-corrected chi connectivity index (χ0v) is 17.4. The molecule has 2 aromatic heterocycles. The van der Waals surface area contributed by atoms with E-state index in [1.165, 1.54) is 11.8 Å². The molecule has 0 N–H and O–H groups in total. The van der Waals surface area contributed by atoms with Crippen molar-refractivity contribution in [3.8, 4) is 0 Å². The number of thioether (sulfide) groups is 1. The van der Waals surface area contributed by atoms with Crippen LogP contribution in [0.1, 0.15) is 38.9 Å². The van der Waals surface area contributed by atoms with Gasteiger partial charge in [0.05, 0.1) is 16.7 Å². The second kappa shape index (κ2) is 8.35. The Labute approximate surface area is 164 Å². The SMILES string of the molecule is CCCc1noc(CSc2nc3ccc(Br)cc3c(=O)n2CC(C)C)n1. The summed E-state index contributed by atoms with van der Waals surface area (Å²) in [7, 11) is 0. The van der Waals surface area contributed by atoms with Gasteiger partial charge in [0.25, 0.3) is 5.56 Å². The quantitative estimate of drug-likeness (QED) is 0.402. The molecule has 0 bridgehead atoms. The molecule has 0 saturated heterocycles.